The van der Waals surface area contributed by atoms with Gasteiger partial charge in [0.2, 0.25) is 5.91 Å². The molecule has 3 rings (SSSR count). The molecule has 0 saturated heterocycles. The van der Waals surface area contributed by atoms with E-state index < -0.39 is 0 Å². The molecule has 1 heterocycles. The Morgan fingerprint density at radius 2 is 2.04 bits per heavy atom. The molecule has 0 aromatic heterocycles. The summed E-state index contributed by atoms with van der Waals surface area (Å²) in [4.78, 5) is 14.3. The Morgan fingerprint density at radius 3 is 2.78 bits per heavy atom. The highest BCUT2D eigenvalue weighted by atomic mass is 19.1. The van der Waals surface area contributed by atoms with Crippen molar-refractivity contribution in [3.8, 4) is 0 Å². The largest absolute Gasteiger partial charge is 0.371 e. The summed E-state index contributed by atoms with van der Waals surface area (Å²) in [6.45, 7) is 4.13. The highest BCUT2D eigenvalue weighted by molar-refractivity contribution is 6.02. The molecule has 4 heteroatoms. The van der Waals surface area contributed by atoms with Crippen LogP contribution in [0.2, 0.25) is 0 Å². The van der Waals surface area contributed by atoms with Crippen LogP contribution < -0.4 is 10.2 Å². The quantitative estimate of drug-likeness (QED) is 0.870. The molecular weight excluding hydrogens is 291 g/mol. The first-order valence-electron chi connectivity index (χ1n) is 7.78. The summed E-state index contributed by atoms with van der Waals surface area (Å²) >= 11 is 0. The summed E-state index contributed by atoms with van der Waals surface area (Å²) in [6, 6.07) is 12.0. The van der Waals surface area contributed by atoms with Gasteiger partial charge < -0.3 is 10.2 Å². The SMILES string of the molecule is CCN1CCc2ccc(NC(=O)/C=C/c3ccc(F)cc3)cc21. The van der Waals surface area contributed by atoms with Gasteiger partial charge in [0.05, 0.1) is 0 Å². The topological polar surface area (TPSA) is 32.3 Å². The van der Waals surface area contributed by atoms with Crippen LogP contribution in [0.15, 0.2) is 48.5 Å². The van der Waals surface area contributed by atoms with E-state index in [0.29, 0.717) is 0 Å². The summed E-state index contributed by atoms with van der Waals surface area (Å²) in [6.07, 6.45) is 4.18. The maximum absolute atomic E-state index is 12.8. The molecule has 0 fully saturated rings. The number of rotatable bonds is 4. The fourth-order valence-corrected chi connectivity index (χ4v) is 2.78. The van der Waals surface area contributed by atoms with Crippen molar-refractivity contribution in [2.75, 3.05) is 23.3 Å². The van der Waals surface area contributed by atoms with Crippen molar-refractivity contribution in [3.05, 3.63) is 65.5 Å². The third kappa shape index (κ3) is 3.59. The first-order valence-corrected chi connectivity index (χ1v) is 7.78. The zero-order valence-electron chi connectivity index (χ0n) is 13.1. The fourth-order valence-electron chi connectivity index (χ4n) is 2.78. The highest BCUT2D eigenvalue weighted by Gasteiger charge is 2.17. The maximum Gasteiger partial charge on any atom is 0.248 e. The predicted molar refractivity (Wildman–Crippen MR) is 92.1 cm³/mol. The molecule has 0 radical (unpaired) electrons. The number of benzene rings is 2. The van der Waals surface area contributed by atoms with E-state index in [4.69, 9.17) is 0 Å². The second-order valence-corrected chi connectivity index (χ2v) is 5.55. The van der Waals surface area contributed by atoms with Crippen LogP contribution in [-0.2, 0) is 11.2 Å². The van der Waals surface area contributed by atoms with Gasteiger partial charge in [-0.15, -0.1) is 0 Å². The third-order valence-corrected chi connectivity index (χ3v) is 4.02. The minimum absolute atomic E-state index is 0.199. The smallest absolute Gasteiger partial charge is 0.248 e. The van der Waals surface area contributed by atoms with Crippen LogP contribution in [0.5, 0.6) is 0 Å². The van der Waals surface area contributed by atoms with E-state index in [9.17, 15) is 9.18 Å². The fraction of sp³-hybridized carbons (Fsp3) is 0.211. The average molecular weight is 310 g/mol. The Balaban J connectivity index is 1.67. The molecular formula is C19H19FN2O. The number of hydrogen-bond acceptors (Lipinski definition) is 2. The lowest BCUT2D eigenvalue weighted by atomic mass is 10.1. The van der Waals surface area contributed by atoms with Gasteiger partial charge in [0, 0.05) is 30.5 Å². The zero-order valence-corrected chi connectivity index (χ0v) is 13.1. The van der Waals surface area contributed by atoms with Crippen molar-refractivity contribution >= 4 is 23.4 Å². The Labute approximate surface area is 135 Å². The van der Waals surface area contributed by atoms with Gasteiger partial charge in [0.25, 0.3) is 0 Å². The van der Waals surface area contributed by atoms with E-state index >= 15 is 0 Å². The summed E-state index contributed by atoms with van der Waals surface area (Å²) < 4.78 is 12.8. The van der Waals surface area contributed by atoms with Crippen LogP contribution in [0.25, 0.3) is 6.08 Å². The molecule has 0 bridgehead atoms. The monoisotopic (exact) mass is 310 g/mol. The average Bonchev–Trinajstić information content (AvgIpc) is 2.96. The Morgan fingerprint density at radius 1 is 1.26 bits per heavy atom. The first-order chi connectivity index (χ1) is 11.2. The number of nitrogens with zero attached hydrogens (tertiary/aromatic N) is 1. The van der Waals surface area contributed by atoms with Crippen LogP contribution >= 0.6 is 0 Å². The molecule has 1 amide bonds. The van der Waals surface area contributed by atoms with Crippen molar-refractivity contribution in [1.82, 2.24) is 0 Å². The maximum atomic E-state index is 12.8. The van der Waals surface area contributed by atoms with Crippen molar-refractivity contribution in [2.24, 2.45) is 0 Å². The number of carbonyl (C=O) groups excluding carboxylic acids is 1. The van der Waals surface area contributed by atoms with Crippen LogP contribution in [0, 0.1) is 5.82 Å². The Hall–Kier alpha value is -2.62. The number of anilines is 2. The Kier molecular flexibility index (Phi) is 4.42. The van der Waals surface area contributed by atoms with Gasteiger partial charge in [-0.25, -0.2) is 4.39 Å². The number of halogens is 1. The lowest BCUT2D eigenvalue weighted by Crippen LogP contribution is -2.19. The van der Waals surface area contributed by atoms with Crippen molar-refractivity contribution in [2.45, 2.75) is 13.3 Å². The molecule has 1 N–H and O–H groups in total. The summed E-state index contributed by atoms with van der Waals surface area (Å²) in [5, 5.41) is 2.87. The van der Waals surface area contributed by atoms with Gasteiger partial charge in [-0.2, -0.15) is 0 Å². The van der Waals surface area contributed by atoms with E-state index in [2.05, 4.69) is 23.2 Å². The summed E-state index contributed by atoms with van der Waals surface area (Å²) in [5.74, 6) is -0.486. The van der Waals surface area contributed by atoms with Gasteiger partial charge in [-0.3, -0.25) is 4.79 Å². The number of hydrogen-bond donors (Lipinski definition) is 1. The second-order valence-electron chi connectivity index (χ2n) is 5.55. The molecule has 3 nitrogen and oxygen atoms in total. The second kappa shape index (κ2) is 6.65. The van der Waals surface area contributed by atoms with Gasteiger partial charge in [-0.05, 0) is 54.8 Å². The molecule has 118 valence electrons. The standard InChI is InChI=1S/C19H19FN2O/c1-2-22-12-11-15-6-9-17(13-18(15)22)21-19(23)10-5-14-3-7-16(20)8-4-14/h3-10,13H,2,11-12H2,1H3,(H,21,23)/b10-5+. The molecule has 0 aliphatic carbocycles. The molecule has 1 aliphatic heterocycles. The van der Waals surface area contributed by atoms with Crippen LogP contribution in [0.3, 0.4) is 0 Å². The molecule has 2 aromatic rings. The minimum atomic E-state index is -0.287. The molecule has 0 spiro atoms. The summed E-state index contributed by atoms with van der Waals surface area (Å²) in [5.41, 5.74) is 4.10. The van der Waals surface area contributed by atoms with Gasteiger partial charge in [0.1, 0.15) is 5.82 Å². The van der Waals surface area contributed by atoms with Crippen LogP contribution in [0.4, 0.5) is 15.8 Å². The van der Waals surface area contributed by atoms with Crippen molar-refractivity contribution in [3.63, 3.8) is 0 Å². The number of amides is 1. The van der Waals surface area contributed by atoms with Crippen LogP contribution in [0.1, 0.15) is 18.1 Å². The van der Waals surface area contributed by atoms with E-state index in [1.54, 1.807) is 18.2 Å². The number of fused-ring (bicyclic) bond motifs is 1. The van der Waals surface area contributed by atoms with E-state index in [1.165, 1.54) is 29.5 Å². The highest BCUT2D eigenvalue weighted by Crippen LogP contribution is 2.30. The lowest BCUT2D eigenvalue weighted by Gasteiger charge is -2.17. The predicted octanol–water partition coefficient (Wildman–Crippen LogP) is 3.86. The van der Waals surface area contributed by atoms with Crippen molar-refractivity contribution < 1.29 is 9.18 Å². The lowest BCUT2D eigenvalue weighted by molar-refractivity contribution is -0.111. The number of nitrogens with one attached hydrogen (secondary N) is 1. The van der Waals surface area contributed by atoms with Gasteiger partial charge >= 0.3 is 0 Å². The van der Waals surface area contributed by atoms with Crippen LogP contribution in [-0.4, -0.2) is 19.0 Å². The molecule has 23 heavy (non-hydrogen) atoms. The molecule has 0 unspecified atom stereocenters. The van der Waals surface area contributed by atoms with Crippen molar-refractivity contribution in [1.29, 1.82) is 0 Å². The third-order valence-electron chi connectivity index (χ3n) is 4.02. The van der Waals surface area contributed by atoms with Gasteiger partial charge in [-0.1, -0.05) is 18.2 Å². The normalized spacial score (nSPS) is 13.4. The number of carbonyl (C=O) groups is 1. The zero-order chi connectivity index (χ0) is 16.2. The molecule has 2 aromatic carbocycles. The van der Waals surface area contributed by atoms with E-state index in [1.807, 2.05) is 12.1 Å². The molecule has 1 aliphatic rings. The van der Waals surface area contributed by atoms with E-state index in [-0.39, 0.29) is 11.7 Å². The minimum Gasteiger partial charge on any atom is -0.371 e. The first kappa shape index (κ1) is 15.3. The molecule has 0 saturated carbocycles. The number of likely N-dealkylation sites (N-methyl/N-ethyl adjacent to an activating group) is 1. The van der Waals surface area contributed by atoms with E-state index in [0.717, 1.165) is 30.8 Å². The molecule has 0 atom stereocenters. The summed E-state index contributed by atoms with van der Waals surface area (Å²) in [7, 11) is 0. The Bertz CT molecular complexity index is 738. The van der Waals surface area contributed by atoms with Gasteiger partial charge in [0.15, 0.2) is 0 Å².